The van der Waals surface area contributed by atoms with E-state index in [1.807, 2.05) is 6.92 Å². The molecule has 0 saturated heterocycles. The molecule has 6 nitrogen and oxygen atoms in total. The van der Waals surface area contributed by atoms with Crippen molar-refractivity contribution in [1.82, 2.24) is 9.78 Å². The number of nitrogens with two attached hydrogens (primary N) is 2. The standard InChI is InChI=1S/C12H14N4O2/c1-2-18-11-5-9(3-4-10(11)13)16-7-8(6-15-16)12(14)17/h3-7H,2,13H2,1H3,(H2,14,17). The lowest BCUT2D eigenvalue weighted by atomic mass is 10.2. The number of hydrogen-bond donors (Lipinski definition) is 2. The van der Waals surface area contributed by atoms with E-state index in [4.69, 9.17) is 16.2 Å². The fourth-order valence-corrected chi connectivity index (χ4v) is 1.54. The van der Waals surface area contributed by atoms with Crippen LogP contribution in [0.5, 0.6) is 5.75 Å². The van der Waals surface area contributed by atoms with Gasteiger partial charge < -0.3 is 16.2 Å². The maximum atomic E-state index is 11.0. The van der Waals surface area contributed by atoms with E-state index in [1.165, 1.54) is 6.20 Å². The van der Waals surface area contributed by atoms with Gasteiger partial charge in [-0.25, -0.2) is 4.68 Å². The van der Waals surface area contributed by atoms with Crippen LogP contribution in [0.2, 0.25) is 0 Å². The molecule has 6 heteroatoms. The molecule has 1 heterocycles. The zero-order valence-corrected chi connectivity index (χ0v) is 9.96. The molecular formula is C12H14N4O2. The van der Waals surface area contributed by atoms with Gasteiger partial charge in [0.1, 0.15) is 5.75 Å². The summed E-state index contributed by atoms with van der Waals surface area (Å²) in [6.07, 6.45) is 2.97. The van der Waals surface area contributed by atoms with Gasteiger partial charge in [0, 0.05) is 12.3 Å². The van der Waals surface area contributed by atoms with Crippen molar-refractivity contribution in [1.29, 1.82) is 0 Å². The number of rotatable bonds is 4. The summed E-state index contributed by atoms with van der Waals surface area (Å²) in [7, 11) is 0. The summed E-state index contributed by atoms with van der Waals surface area (Å²) >= 11 is 0. The highest BCUT2D eigenvalue weighted by Crippen LogP contribution is 2.24. The van der Waals surface area contributed by atoms with E-state index >= 15 is 0 Å². The minimum atomic E-state index is -0.512. The Labute approximate surface area is 104 Å². The third-order valence-corrected chi connectivity index (χ3v) is 2.43. The second kappa shape index (κ2) is 4.79. The number of anilines is 1. The number of nitrogen functional groups attached to an aromatic ring is 1. The molecule has 0 aliphatic rings. The summed E-state index contributed by atoms with van der Waals surface area (Å²) in [4.78, 5) is 11.0. The molecule has 1 aromatic heterocycles. The number of primary amides is 1. The molecule has 0 spiro atoms. The molecule has 94 valence electrons. The van der Waals surface area contributed by atoms with Crippen molar-refractivity contribution in [3.63, 3.8) is 0 Å². The predicted octanol–water partition coefficient (Wildman–Crippen LogP) is 0.952. The summed E-state index contributed by atoms with van der Waals surface area (Å²) in [6, 6.07) is 5.28. The molecule has 0 fully saturated rings. The highest BCUT2D eigenvalue weighted by molar-refractivity contribution is 5.92. The van der Waals surface area contributed by atoms with E-state index in [0.717, 1.165) is 5.69 Å². The predicted molar refractivity (Wildman–Crippen MR) is 67.7 cm³/mol. The Morgan fingerprint density at radius 3 is 2.89 bits per heavy atom. The summed E-state index contributed by atoms with van der Waals surface area (Å²) in [5.41, 5.74) is 12.6. The zero-order chi connectivity index (χ0) is 13.1. The fourth-order valence-electron chi connectivity index (χ4n) is 1.54. The Balaban J connectivity index is 2.37. The van der Waals surface area contributed by atoms with E-state index < -0.39 is 5.91 Å². The third-order valence-electron chi connectivity index (χ3n) is 2.43. The van der Waals surface area contributed by atoms with Crippen LogP contribution in [-0.2, 0) is 0 Å². The molecule has 0 bridgehead atoms. The van der Waals surface area contributed by atoms with Crippen LogP contribution < -0.4 is 16.2 Å². The van der Waals surface area contributed by atoms with Gasteiger partial charge in [-0.15, -0.1) is 0 Å². The normalized spacial score (nSPS) is 10.3. The van der Waals surface area contributed by atoms with Gasteiger partial charge in [0.05, 0.1) is 29.7 Å². The Bertz CT molecular complexity index is 577. The van der Waals surface area contributed by atoms with Crippen molar-refractivity contribution in [3.05, 3.63) is 36.2 Å². The molecule has 0 aliphatic heterocycles. The lowest BCUT2D eigenvalue weighted by Gasteiger charge is -2.09. The van der Waals surface area contributed by atoms with Crippen molar-refractivity contribution >= 4 is 11.6 Å². The monoisotopic (exact) mass is 246 g/mol. The Morgan fingerprint density at radius 2 is 2.28 bits per heavy atom. The Hall–Kier alpha value is -2.50. The highest BCUT2D eigenvalue weighted by Gasteiger charge is 2.07. The van der Waals surface area contributed by atoms with Gasteiger partial charge in [-0.3, -0.25) is 4.79 Å². The second-order valence-corrected chi connectivity index (χ2v) is 3.69. The quantitative estimate of drug-likeness (QED) is 0.785. The summed E-state index contributed by atoms with van der Waals surface area (Å²) in [6.45, 7) is 2.41. The minimum Gasteiger partial charge on any atom is -0.492 e. The number of hydrogen-bond acceptors (Lipinski definition) is 4. The molecule has 0 atom stereocenters. The maximum absolute atomic E-state index is 11.0. The van der Waals surface area contributed by atoms with E-state index in [0.29, 0.717) is 23.6 Å². The first kappa shape index (κ1) is 12.0. The summed E-state index contributed by atoms with van der Waals surface area (Å²) in [5, 5.41) is 4.06. The molecule has 2 aromatic rings. The molecule has 4 N–H and O–H groups in total. The van der Waals surface area contributed by atoms with Crippen molar-refractivity contribution < 1.29 is 9.53 Å². The first-order valence-corrected chi connectivity index (χ1v) is 5.49. The highest BCUT2D eigenvalue weighted by atomic mass is 16.5. The van der Waals surface area contributed by atoms with E-state index in [1.54, 1.807) is 29.1 Å². The molecule has 1 amide bonds. The Kier molecular flexibility index (Phi) is 3.18. The molecule has 0 aliphatic carbocycles. The number of ether oxygens (including phenoxy) is 1. The Morgan fingerprint density at radius 1 is 1.50 bits per heavy atom. The molecule has 2 rings (SSSR count). The van der Waals surface area contributed by atoms with Crippen LogP contribution in [0, 0.1) is 0 Å². The number of benzene rings is 1. The second-order valence-electron chi connectivity index (χ2n) is 3.69. The number of carbonyl (C=O) groups is 1. The molecule has 1 aromatic carbocycles. The average Bonchev–Trinajstić information content (AvgIpc) is 2.82. The largest absolute Gasteiger partial charge is 0.492 e. The van der Waals surface area contributed by atoms with Gasteiger partial charge in [0.2, 0.25) is 0 Å². The average molecular weight is 246 g/mol. The minimum absolute atomic E-state index is 0.352. The molecule has 0 radical (unpaired) electrons. The van der Waals surface area contributed by atoms with Crippen molar-refractivity contribution in [3.8, 4) is 11.4 Å². The number of carbonyl (C=O) groups excluding carboxylic acids is 1. The lowest BCUT2D eigenvalue weighted by Crippen LogP contribution is -2.09. The van der Waals surface area contributed by atoms with Crippen LogP contribution in [0.25, 0.3) is 5.69 Å². The van der Waals surface area contributed by atoms with Crippen LogP contribution in [0.1, 0.15) is 17.3 Å². The van der Waals surface area contributed by atoms with E-state index in [2.05, 4.69) is 5.10 Å². The zero-order valence-electron chi connectivity index (χ0n) is 9.96. The van der Waals surface area contributed by atoms with Crippen LogP contribution in [-0.4, -0.2) is 22.3 Å². The van der Waals surface area contributed by atoms with E-state index in [9.17, 15) is 4.79 Å². The van der Waals surface area contributed by atoms with E-state index in [-0.39, 0.29) is 0 Å². The topological polar surface area (TPSA) is 96.2 Å². The van der Waals surface area contributed by atoms with Crippen molar-refractivity contribution in [2.75, 3.05) is 12.3 Å². The van der Waals surface area contributed by atoms with Crippen molar-refractivity contribution in [2.45, 2.75) is 6.92 Å². The summed E-state index contributed by atoms with van der Waals surface area (Å²) < 4.78 is 6.94. The number of amides is 1. The molecule has 0 unspecified atom stereocenters. The van der Waals surface area contributed by atoms with Crippen LogP contribution in [0.3, 0.4) is 0 Å². The lowest BCUT2D eigenvalue weighted by molar-refractivity contribution is 0.100. The first-order chi connectivity index (χ1) is 8.61. The fraction of sp³-hybridized carbons (Fsp3) is 0.167. The smallest absolute Gasteiger partial charge is 0.251 e. The van der Waals surface area contributed by atoms with Crippen LogP contribution >= 0.6 is 0 Å². The summed E-state index contributed by atoms with van der Waals surface area (Å²) in [5.74, 6) is 0.0767. The van der Waals surface area contributed by atoms with Gasteiger partial charge in [-0.1, -0.05) is 0 Å². The molecular weight excluding hydrogens is 232 g/mol. The first-order valence-electron chi connectivity index (χ1n) is 5.49. The number of nitrogens with zero attached hydrogens (tertiary/aromatic N) is 2. The van der Waals surface area contributed by atoms with Gasteiger partial charge in [-0.2, -0.15) is 5.10 Å². The van der Waals surface area contributed by atoms with Gasteiger partial charge in [-0.05, 0) is 19.1 Å². The molecule has 18 heavy (non-hydrogen) atoms. The molecule has 0 saturated carbocycles. The SMILES string of the molecule is CCOc1cc(-n2cc(C(N)=O)cn2)ccc1N. The third kappa shape index (κ3) is 2.27. The maximum Gasteiger partial charge on any atom is 0.251 e. The van der Waals surface area contributed by atoms with Gasteiger partial charge in [0.15, 0.2) is 0 Å². The number of aromatic nitrogens is 2. The van der Waals surface area contributed by atoms with Gasteiger partial charge >= 0.3 is 0 Å². The van der Waals surface area contributed by atoms with Crippen LogP contribution in [0.4, 0.5) is 5.69 Å². The van der Waals surface area contributed by atoms with Crippen LogP contribution in [0.15, 0.2) is 30.6 Å². The van der Waals surface area contributed by atoms with Crippen molar-refractivity contribution in [2.24, 2.45) is 5.73 Å². The van der Waals surface area contributed by atoms with Gasteiger partial charge in [0.25, 0.3) is 5.91 Å².